The lowest BCUT2D eigenvalue weighted by molar-refractivity contribution is 0.203. The van der Waals surface area contributed by atoms with Crippen molar-refractivity contribution in [1.29, 1.82) is 0 Å². The molecule has 0 aliphatic heterocycles. The molecule has 0 spiro atoms. The molecule has 0 unspecified atom stereocenters. The molecule has 0 atom stereocenters. The summed E-state index contributed by atoms with van der Waals surface area (Å²) in [4.78, 5) is 12.1. The van der Waals surface area contributed by atoms with E-state index in [0.29, 0.717) is 22.9 Å². The Morgan fingerprint density at radius 1 is 1.10 bits per heavy atom. The van der Waals surface area contributed by atoms with E-state index in [1.807, 2.05) is 32.0 Å². The summed E-state index contributed by atoms with van der Waals surface area (Å²) in [5.74, 6) is 1.24. The number of ether oxygens (including phenoxy) is 1. The third kappa shape index (κ3) is 3.25. The van der Waals surface area contributed by atoms with Crippen LogP contribution in [-0.4, -0.2) is 18.2 Å². The summed E-state index contributed by atoms with van der Waals surface area (Å²) in [7, 11) is 1.44. The lowest BCUT2D eigenvalue weighted by Gasteiger charge is -2.17. The molecule has 110 valence electrons. The molecule has 2 aromatic carbocycles. The minimum absolute atomic E-state index is 0.382. The molecular formula is C16H18N2O3. The Morgan fingerprint density at radius 2 is 1.71 bits per heavy atom. The number of rotatable bonds is 3. The Balaban J connectivity index is 2.30. The Labute approximate surface area is 123 Å². The molecule has 3 N–H and O–H groups in total. The smallest absolute Gasteiger partial charge is 0.411 e. The summed E-state index contributed by atoms with van der Waals surface area (Å²) < 4.78 is 5.76. The van der Waals surface area contributed by atoms with Gasteiger partial charge in [-0.25, -0.2) is 4.79 Å². The van der Waals surface area contributed by atoms with E-state index in [0.717, 1.165) is 10.5 Å². The standard InChI is InChI=1S/C16H18N2O3/c1-10-4-5-12(8-11(10)2)21-13-6-7-14(17)15(9-13)18(3)16(19)20/h4-9H,17H2,1-3H3,(H,19,20). The number of anilines is 2. The molecule has 0 aliphatic carbocycles. The average Bonchev–Trinajstić information content (AvgIpc) is 2.44. The lowest BCUT2D eigenvalue weighted by Crippen LogP contribution is -2.24. The summed E-state index contributed by atoms with van der Waals surface area (Å²) in [6, 6.07) is 10.7. The number of nitrogens with two attached hydrogens (primary N) is 1. The predicted octanol–water partition coefficient (Wildman–Crippen LogP) is 3.79. The lowest BCUT2D eigenvalue weighted by atomic mass is 10.1. The van der Waals surface area contributed by atoms with E-state index in [2.05, 4.69) is 0 Å². The van der Waals surface area contributed by atoms with Gasteiger partial charge < -0.3 is 15.6 Å². The summed E-state index contributed by atoms with van der Waals surface area (Å²) in [6.07, 6.45) is -1.08. The maximum Gasteiger partial charge on any atom is 0.411 e. The van der Waals surface area contributed by atoms with Gasteiger partial charge in [0.2, 0.25) is 0 Å². The monoisotopic (exact) mass is 286 g/mol. The first-order chi connectivity index (χ1) is 9.88. The van der Waals surface area contributed by atoms with Crippen molar-refractivity contribution in [2.75, 3.05) is 17.7 Å². The third-order valence-electron chi connectivity index (χ3n) is 3.36. The Hall–Kier alpha value is -2.69. The van der Waals surface area contributed by atoms with Crippen LogP contribution >= 0.6 is 0 Å². The molecule has 0 fully saturated rings. The normalized spacial score (nSPS) is 10.2. The van der Waals surface area contributed by atoms with Crippen molar-refractivity contribution in [1.82, 2.24) is 0 Å². The largest absolute Gasteiger partial charge is 0.465 e. The molecule has 0 bridgehead atoms. The fraction of sp³-hybridized carbons (Fsp3) is 0.188. The van der Waals surface area contributed by atoms with Crippen LogP contribution in [0.4, 0.5) is 16.2 Å². The zero-order valence-corrected chi connectivity index (χ0v) is 12.3. The molecule has 21 heavy (non-hydrogen) atoms. The number of amides is 1. The minimum Gasteiger partial charge on any atom is -0.465 e. The molecule has 5 heteroatoms. The number of carbonyl (C=O) groups is 1. The third-order valence-corrected chi connectivity index (χ3v) is 3.36. The number of carboxylic acid groups (broad SMARTS) is 1. The van der Waals surface area contributed by atoms with Crippen molar-refractivity contribution in [3.8, 4) is 11.5 Å². The second-order valence-corrected chi connectivity index (χ2v) is 4.91. The van der Waals surface area contributed by atoms with Gasteiger partial charge >= 0.3 is 6.09 Å². The van der Waals surface area contributed by atoms with E-state index in [-0.39, 0.29) is 0 Å². The quantitative estimate of drug-likeness (QED) is 0.842. The zero-order valence-electron chi connectivity index (χ0n) is 12.3. The van der Waals surface area contributed by atoms with Gasteiger partial charge in [-0.2, -0.15) is 0 Å². The summed E-state index contributed by atoms with van der Waals surface area (Å²) in [5, 5.41) is 9.04. The van der Waals surface area contributed by atoms with Crippen LogP contribution in [0.1, 0.15) is 11.1 Å². The number of aryl methyl sites for hydroxylation is 2. The van der Waals surface area contributed by atoms with Crippen LogP contribution in [0.5, 0.6) is 11.5 Å². The highest BCUT2D eigenvalue weighted by Gasteiger charge is 2.13. The number of hydrogen-bond acceptors (Lipinski definition) is 3. The number of nitrogens with zero attached hydrogens (tertiary/aromatic N) is 1. The first-order valence-electron chi connectivity index (χ1n) is 6.50. The van der Waals surface area contributed by atoms with Gasteiger partial charge in [-0.3, -0.25) is 4.90 Å². The molecule has 2 rings (SSSR count). The van der Waals surface area contributed by atoms with Crippen LogP contribution < -0.4 is 15.4 Å². The highest BCUT2D eigenvalue weighted by Crippen LogP contribution is 2.31. The van der Waals surface area contributed by atoms with Crippen LogP contribution in [-0.2, 0) is 0 Å². The molecule has 1 amide bonds. The maximum absolute atomic E-state index is 11.0. The van der Waals surface area contributed by atoms with Gasteiger partial charge in [-0.05, 0) is 49.2 Å². The van der Waals surface area contributed by atoms with Crippen LogP contribution in [0, 0.1) is 13.8 Å². The first-order valence-corrected chi connectivity index (χ1v) is 6.50. The predicted molar refractivity (Wildman–Crippen MR) is 83.3 cm³/mol. The Kier molecular flexibility index (Phi) is 4.03. The number of nitrogen functional groups attached to an aromatic ring is 1. The first kappa shape index (κ1) is 14.7. The Bertz CT molecular complexity index is 683. The molecule has 0 heterocycles. The second kappa shape index (κ2) is 5.75. The van der Waals surface area contributed by atoms with Gasteiger partial charge in [0.1, 0.15) is 11.5 Å². The number of benzene rings is 2. The summed E-state index contributed by atoms with van der Waals surface area (Å²) in [5.41, 5.74) is 8.90. The van der Waals surface area contributed by atoms with Crippen molar-refractivity contribution in [2.45, 2.75) is 13.8 Å². The average molecular weight is 286 g/mol. The number of hydrogen-bond donors (Lipinski definition) is 2. The van der Waals surface area contributed by atoms with Crippen molar-refractivity contribution in [2.24, 2.45) is 0 Å². The fourth-order valence-corrected chi connectivity index (χ4v) is 1.89. The van der Waals surface area contributed by atoms with Crippen molar-refractivity contribution in [3.63, 3.8) is 0 Å². The maximum atomic E-state index is 11.0. The van der Waals surface area contributed by atoms with Gasteiger partial charge in [0.05, 0.1) is 11.4 Å². The molecule has 0 saturated heterocycles. The van der Waals surface area contributed by atoms with Crippen molar-refractivity contribution >= 4 is 17.5 Å². The van der Waals surface area contributed by atoms with E-state index in [1.165, 1.54) is 12.6 Å². The van der Waals surface area contributed by atoms with Crippen LogP contribution in [0.2, 0.25) is 0 Å². The highest BCUT2D eigenvalue weighted by molar-refractivity contribution is 5.90. The minimum atomic E-state index is -1.08. The molecular weight excluding hydrogens is 268 g/mol. The molecule has 2 aromatic rings. The SMILES string of the molecule is Cc1ccc(Oc2ccc(N)c(N(C)C(=O)O)c2)cc1C. The molecule has 0 saturated carbocycles. The van der Waals surface area contributed by atoms with E-state index < -0.39 is 6.09 Å². The molecule has 0 aliphatic rings. The Morgan fingerprint density at radius 3 is 2.33 bits per heavy atom. The van der Waals surface area contributed by atoms with E-state index in [1.54, 1.807) is 18.2 Å². The zero-order chi connectivity index (χ0) is 15.6. The van der Waals surface area contributed by atoms with Gasteiger partial charge in [-0.15, -0.1) is 0 Å². The van der Waals surface area contributed by atoms with E-state index in [9.17, 15) is 4.79 Å². The van der Waals surface area contributed by atoms with Crippen LogP contribution in [0.25, 0.3) is 0 Å². The topological polar surface area (TPSA) is 75.8 Å². The van der Waals surface area contributed by atoms with E-state index in [4.69, 9.17) is 15.6 Å². The van der Waals surface area contributed by atoms with Crippen molar-refractivity contribution < 1.29 is 14.6 Å². The fourth-order valence-electron chi connectivity index (χ4n) is 1.89. The van der Waals surface area contributed by atoms with Gasteiger partial charge in [0.25, 0.3) is 0 Å². The van der Waals surface area contributed by atoms with Gasteiger partial charge in [-0.1, -0.05) is 6.07 Å². The van der Waals surface area contributed by atoms with E-state index >= 15 is 0 Å². The molecule has 5 nitrogen and oxygen atoms in total. The van der Waals surface area contributed by atoms with Gasteiger partial charge in [0, 0.05) is 13.1 Å². The summed E-state index contributed by atoms with van der Waals surface area (Å²) in [6.45, 7) is 4.04. The van der Waals surface area contributed by atoms with Crippen molar-refractivity contribution in [3.05, 3.63) is 47.5 Å². The van der Waals surface area contributed by atoms with Gasteiger partial charge in [0.15, 0.2) is 0 Å². The van der Waals surface area contributed by atoms with Crippen LogP contribution in [0.3, 0.4) is 0 Å². The second-order valence-electron chi connectivity index (χ2n) is 4.91. The molecule has 0 radical (unpaired) electrons. The molecule has 0 aromatic heterocycles. The summed E-state index contributed by atoms with van der Waals surface area (Å²) >= 11 is 0. The highest BCUT2D eigenvalue weighted by atomic mass is 16.5. The van der Waals surface area contributed by atoms with Crippen LogP contribution in [0.15, 0.2) is 36.4 Å².